The van der Waals surface area contributed by atoms with Crippen LogP contribution >= 0.6 is 22.6 Å². The van der Waals surface area contributed by atoms with Gasteiger partial charge < -0.3 is 4.90 Å². The van der Waals surface area contributed by atoms with Crippen molar-refractivity contribution in [1.82, 2.24) is 9.62 Å². The summed E-state index contributed by atoms with van der Waals surface area (Å²) < 4.78 is 28.7. The minimum atomic E-state index is -3.53. The fourth-order valence-corrected chi connectivity index (χ4v) is 4.70. The average Bonchev–Trinajstić information content (AvgIpc) is 2.67. The number of benzene rings is 2. The molecule has 0 spiro atoms. The summed E-state index contributed by atoms with van der Waals surface area (Å²) >= 11 is 2.21. The topological polar surface area (TPSA) is 66.5 Å². The molecule has 5 nitrogen and oxygen atoms in total. The van der Waals surface area contributed by atoms with E-state index < -0.39 is 10.0 Å². The largest absolute Gasteiger partial charge is 0.338 e. The van der Waals surface area contributed by atoms with Gasteiger partial charge in [0.05, 0.1) is 4.90 Å². The van der Waals surface area contributed by atoms with Crippen molar-refractivity contribution in [2.75, 3.05) is 19.6 Å². The number of amides is 1. The van der Waals surface area contributed by atoms with Gasteiger partial charge in [0.1, 0.15) is 0 Å². The molecule has 1 N–H and O–H groups in total. The van der Waals surface area contributed by atoms with Crippen molar-refractivity contribution in [3.05, 3.63) is 63.2 Å². The van der Waals surface area contributed by atoms with E-state index in [4.69, 9.17) is 0 Å². The maximum absolute atomic E-state index is 12.7. The zero-order chi connectivity index (χ0) is 19.4. The van der Waals surface area contributed by atoms with Crippen LogP contribution in [0.3, 0.4) is 0 Å². The number of carbonyl (C=O) groups is 1. The Morgan fingerprint density at radius 1 is 1.15 bits per heavy atom. The third-order valence-corrected chi connectivity index (χ3v) is 6.95. The van der Waals surface area contributed by atoms with Gasteiger partial charge in [-0.1, -0.05) is 17.7 Å². The molecule has 1 saturated heterocycles. The number of hydrogen-bond acceptors (Lipinski definition) is 3. The van der Waals surface area contributed by atoms with Crippen molar-refractivity contribution < 1.29 is 13.2 Å². The third kappa shape index (κ3) is 5.30. The zero-order valence-corrected chi connectivity index (χ0v) is 18.2. The second-order valence-electron chi connectivity index (χ2n) is 6.93. The first-order valence-corrected chi connectivity index (χ1v) is 11.5. The van der Waals surface area contributed by atoms with Crippen LogP contribution in [0, 0.1) is 16.4 Å². The number of carbonyl (C=O) groups excluding carboxylic acids is 1. The number of sulfonamides is 1. The first-order chi connectivity index (χ1) is 12.8. The quantitative estimate of drug-likeness (QED) is 0.643. The number of hydrogen-bond donors (Lipinski definition) is 1. The van der Waals surface area contributed by atoms with E-state index >= 15 is 0 Å². The van der Waals surface area contributed by atoms with Gasteiger partial charge in [-0.25, -0.2) is 13.1 Å². The highest BCUT2D eigenvalue weighted by Gasteiger charge is 2.26. The Hall–Kier alpha value is -1.45. The van der Waals surface area contributed by atoms with Gasteiger partial charge in [-0.05, 0) is 84.7 Å². The molecular weight excluding hydrogens is 475 g/mol. The Morgan fingerprint density at radius 2 is 1.81 bits per heavy atom. The summed E-state index contributed by atoms with van der Waals surface area (Å²) in [4.78, 5) is 14.8. The van der Waals surface area contributed by atoms with Gasteiger partial charge in [0.15, 0.2) is 0 Å². The summed E-state index contributed by atoms with van der Waals surface area (Å²) in [7, 11) is -3.53. The van der Waals surface area contributed by atoms with Gasteiger partial charge in [0.2, 0.25) is 10.0 Å². The molecular formula is C20H23IN2O3S. The van der Waals surface area contributed by atoms with Crippen molar-refractivity contribution in [1.29, 1.82) is 0 Å². The van der Waals surface area contributed by atoms with E-state index in [2.05, 4.69) is 27.3 Å². The summed E-state index contributed by atoms with van der Waals surface area (Å²) in [6.07, 6.45) is 1.79. The summed E-state index contributed by atoms with van der Waals surface area (Å²) in [5, 5.41) is 0. The van der Waals surface area contributed by atoms with Crippen LogP contribution in [0.4, 0.5) is 0 Å². The lowest BCUT2D eigenvalue weighted by molar-refractivity contribution is 0.0676. The van der Waals surface area contributed by atoms with Gasteiger partial charge in [-0.3, -0.25) is 4.79 Å². The fraction of sp³-hybridized carbons (Fsp3) is 0.350. The van der Waals surface area contributed by atoms with E-state index in [9.17, 15) is 13.2 Å². The molecule has 2 aromatic carbocycles. The molecule has 0 aromatic heterocycles. The highest BCUT2D eigenvalue weighted by atomic mass is 127. The number of halogens is 1. The number of likely N-dealkylation sites (tertiary alicyclic amines) is 1. The van der Waals surface area contributed by atoms with Crippen LogP contribution in [0.2, 0.25) is 0 Å². The van der Waals surface area contributed by atoms with Crippen LogP contribution in [0.15, 0.2) is 53.4 Å². The number of aryl methyl sites for hydroxylation is 1. The number of nitrogens with zero attached hydrogens (tertiary/aromatic N) is 1. The van der Waals surface area contributed by atoms with Crippen LogP contribution in [0.1, 0.15) is 28.8 Å². The van der Waals surface area contributed by atoms with Crippen LogP contribution in [0.5, 0.6) is 0 Å². The Labute approximate surface area is 174 Å². The van der Waals surface area contributed by atoms with Crippen molar-refractivity contribution in [2.45, 2.75) is 24.7 Å². The molecule has 7 heteroatoms. The summed E-state index contributed by atoms with van der Waals surface area (Å²) in [5.41, 5.74) is 1.70. The predicted octanol–water partition coefficient (Wildman–Crippen LogP) is 3.43. The molecule has 0 bridgehead atoms. The zero-order valence-electron chi connectivity index (χ0n) is 15.2. The Balaban J connectivity index is 1.60. The SMILES string of the molecule is Cc1ccc(S(=O)(=O)NCC2CCCN(C(=O)c3ccc(I)cc3)C2)cc1. The second-order valence-corrected chi connectivity index (χ2v) is 9.94. The second kappa shape index (κ2) is 8.70. The van der Waals surface area contributed by atoms with Gasteiger partial charge >= 0.3 is 0 Å². The van der Waals surface area contributed by atoms with Crippen molar-refractivity contribution >= 4 is 38.5 Å². The average molecular weight is 498 g/mol. The molecule has 1 aliphatic rings. The molecule has 1 unspecified atom stereocenters. The maximum Gasteiger partial charge on any atom is 0.253 e. The Bertz CT molecular complexity index is 896. The Kier molecular flexibility index (Phi) is 6.54. The van der Waals surface area contributed by atoms with Crippen LogP contribution < -0.4 is 4.72 Å². The van der Waals surface area contributed by atoms with Crippen molar-refractivity contribution in [3.63, 3.8) is 0 Å². The standard InChI is InChI=1S/C20H23IN2O3S/c1-15-4-10-19(11-5-15)27(25,26)22-13-16-3-2-12-23(14-16)20(24)17-6-8-18(21)9-7-17/h4-11,16,22H,2-3,12-14H2,1H3. The van der Waals surface area contributed by atoms with Gasteiger partial charge in [0.25, 0.3) is 5.91 Å². The first kappa shape index (κ1) is 20.3. The van der Waals surface area contributed by atoms with Gasteiger partial charge in [-0.2, -0.15) is 0 Å². The molecule has 0 aliphatic carbocycles. The maximum atomic E-state index is 12.7. The molecule has 1 fully saturated rings. The first-order valence-electron chi connectivity index (χ1n) is 8.96. The highest BCUT2D eigenvalue weighted by molar-refractivity contribution is 14.1. The smallest absolute Gasteiger partial charge is 0.253 e. The lowest BCUT2D eigenvalue weighted by atomic mass is 9.97. The predicted molar refractivity (Wildman–Crippen MR) is 114 cm³/mol. The normalized spacial score (nSPS) is 17.7. The highest BCUT2D eigenvalue weighted by Crippen LogP contribution is 2.20. The number of nitrogens with one attached hydrogen (secondary N) is 1. The number of rotatable bonds is 5. The molecule has 0 radical (unpaired) electrons. The molecule has 2 aromatic rings. The fourth-order valence-electron chi connectivity index (χ4n) is 3.22. The Morgan fingerprint density at radius 3 is 2.48 bits per heavy atom. The molecule has 1 amide bonds. The summed E-state index contributed by atoms with van der Waals surface area (Å²) in [6, 6.07) is 14.3. The van der Waals surface area contributed by atoms with E-state index in [1.807, 2.05) is 36.1 Å². The lowest BCUT2D eigenvalue weighted by Crippen LogP contribution is -2.43. The molecule has 0 saturated carbocycles. The molecule has 3 rings (SSSR count). The van der Waals surface area contributed by atoms with Crippen molar-refractivity contribution in [3.8, 4) is 0 Å². The molecule has 1 aliphatic heterocycles. The minimum Gasteiger partial charge on any atom is -0.338 e. The summed E-state index contributed by atoms with van der Waals surface area (Å²) in [5.74, 6) is 0.129. The van der Waals surface area contributed by atoms with E-state index in [1.54, 1.807) is 24.3 Å². The molecule has 144 valence electrons. The van der Waals surface area contributed by atoms with E-state index in [-0.39, 0.29) is 16.7 Å². The third-order valence-electron chi connectivity index (χ3n) is 4.79. The van der Waals surface area contributed by atoms with Crippen molar-refractivity contribution in [2.24, 2.45) is 5.92 Å². The lowest BCUT2D eigenvalue weighted by Gasteiger charge is -2.33. The van der Waals surface area contributed by atoms with Gasteiger partial charge in [-0.15, -0.1) is 0 Å². The van der Waals surface area contributed by atoms with E-state index in [0.717, 1.165) is 22.0 Å². The minimum absolute atomic E-state index is 0.0116. The monoisotopic (exact) mass is 498 g/mol. The summed E-state index contributed by atoms with van der Waals surface area (Å²) in [6.45, 7) is 3.55. The van der Waals surface area contributed by atoms with E-state index in [1.165, 1.54) is 0 Å². The molecule has 27 heavy (non-hydrogen) atoms. The number of piperidine rings is 1. The van der Waals surface area contributed by atoms with Gasteiger partial charge in [0, 0.05) is 28.8 Å². The molecule has 1 atom stereocenters. The van der Waals surface area contributed by atoms with Crippen LogP contribution in [-0.4, -0.2) is 38.9 Å². The van der Waals surface area contributed by atoms with Crippen LogP contribution in [0.25, 0.3) is 0 Å². The molecule has 1 heterocycles. The van der Waals surface area contributed by atoms with E-state index in [0.29, 0.717) is 25.2 Å². The van der Waals surface area contributed by atoms with Crippen LogP contribution in [-0.2, 0) is 10.0 Å².